The normalized spacial score (nSPS) is 9.59. The molecule has 0 atom stereocenters. The van der Waals surface area contributed by atoms with Crippen LogP contribution in [0.15, 0.2) is 29.3 Å². The summed E-state index contributed by atoms with van der Waals surface area (Å²) < 4.78 is 10.8. The van der Waals surface area contributed by atoms with Crippen molar-refractivity contribution in [1.29, 1.82) is 0 Å². The first-order valence-corrected chi connectivity index (χ1v) is 7.53. The monoisotopic (exact) mass is 421 g/mol. The summed E-state index contributed by atoms with van der Waals surface area (Å²) in [6, 6.07) is 7.93. The van der Waals surface area contributed by atoms with Crippen LogP contribution < -0.4 is 15.4 Å². The molecule has 2 N–H and O–H groups in total. The lowest BCUT2D eigenvalue weighted by Gasteiger charge is -2.09. The fourth-order valence-electron chi connectivity index (χ4n) is 1.78. The van der Waals surface area contributed by atoms with Gasteiger partial charge in [-0.05, 0) is 38.0 Å². The second kappa shape index (κ2) is 13.6. The fraction of sp³-hybridized carbons (Fsp3) is 0.562. The van der Waals surface area contributed by atoms with Crippen molar-refractivity contribution in [3.8, 4) is 5.75 Å². The van der Waals surface area contributed by atoms with Gasteiger partial charge in [0.2, 0.25) is 0 Å². The van der Waals surface area contributed by atoms with Crippen molar-refractivity contribution in [2.45, 2.75) is 26.9 Å². The van der Waals surface area contributed by atoms with Gasteiger partial charge in [-0.1, -0.05) is 12.1 Å². The molecule has 0 aliphatic rings. The molecule has 0 saturated heterocycles. The molecule has 6 heteroatoms. The van der Waals surface area contributed by atoms with E-state index < -0.39 is 0 Å². The van der Waals surface area contributed by atoms with Gasteiger partial charge in [-0.3, -0.25) is 4.99 Å². The van der Waals surface area contributed by atoms with E-state index >= 15 is 0 Å². The van der Waals surface area contributed by atoms with Crippen molar-refractivity contribution in [2.75, 3.05) is 33.4 Å². The summed E-state index contributed by atoms with van der Waals surface area (Å²) in [6.45, 7) is 7.97. The number of guanidine groups is 1. The number of methoxy groups -OCH3 is 1. The second-order valence-electron chi connectivity index (χ2n) is 4.55. The largest absolute Gasteiger partial charge is 0.497 e. The molecule has 0 unspecified atom stereocenters. The van der Waals surface area contributed by atoms with Gasteiger partial charge in [0.25, 0.3) is 0 Å². The maximum atomic E-state index is 5.64. The fourth-order valence-corrected chi connectivity index (χ4v) is 1.78. The maximum absolute atomic E-state index is 5.64. The van der Waals surface area contributed by atoms with Crippen molar-refractivity contribution in [3.63, 3.8) is 0 Å². The first kappa shape index (κ1) is 21.0. The molecule has 126 valence electrons. The summed E-state index contributed by atoms with van der Waals surface area (Å²) in [4.78, 5) is 4.47. The molecule has 0 aliphatic carbocycles. The van der Waals surface area contributed by atoms with Gasteiger partial charge >= 0.3 is 0 Å². The molecule has 1 aromatic rings. The molecule has 1 rings (SSSR count). The summed E-state index contributed by atoms with van der Waals surface area (Å²) in [5.41, 5.74) is 1.15. The van der Waals surface area contributed by atoms with E-state index in [4.69, 9.17) is 9.47 Å². The van der Waals surface area contributed by atoms with Crippen molar-refractivity contribution in [1.82, 2.24) is 10.6 Å². The second-order valence-corrected chi connectivity index (χ2v) is 4.55. The zero-order valence-electron chi connectivity index (χ0n) is 13.7. The van der Waals surface area contributed by atoms with Crippen molar-refractivity contribution in [2.24, 2.45) is 4.99 Å². The zero-order chi connectivity index (χ0) is 15.3. The van der Waals surface area contributed by atoms with Crippen LogP contribution in [0.3, 0.4) is 0 Å². The highest BCUT2D eigenvalue weighted by atomic mass is 127. The molecule has 0 spiro atoms. The predicted octanol–water partition coefficient (Wildman–Crippen LogP) is 2.79. The molecular weight excluding hydrogens is 393 g/mol. The number of aliphatic imine (C=N–C) groups is 1. The van der Waals surface area contributed by atoms with E-state index in [0.717, 1.165) is 43.3 Å². The summed E-state index contributed by atoms with van der Waals surface area (Å²) in [5.74, 6) is 1.74. The van der Waals surface area contributed by atoms with Gasteiger partial charge < -0.3 is 20.1 Å². The Bertz CT molecular complexity index is 402. The minimum absolute atomic E-state index is 0. The molecular formula is C16H28IN3O2. The number of rotatable bonds is 9. The van der Waals surface area contributed by atoms with Crippen LogP contribution in [0.1, 0.15) is 25.8 Å². The molecule has 5 nitrogen and oxygen atoms in total. The van der Waals surface area contributed by atoms with Crippen LogP contribution in [-0.4, -0.2) is 39.3 Å². The Kier molecular flexibility index (Phi) is 13.0. The number of ether oxygens (including phenoxy) is 2. The van der Waals surface area contributed by atoms with E-state index in [2.05, 4.69) is 29.5 Å². The van der Waals surface area contributed by atoms with Gasteiger partial charge in [-0.2, -0.15) is 0 Å². The predicted molar refractivity (Wildman–Crippen MR) is 102 cm³/mol. The minimum atomic E-state index is 0. The number of hydrogen-bond donors (Lipinski definition) is 2. The van der Waals surface area contributed by atoms with E-state index in [0.29, 0.717) is 13.2 Å². The third kappa shape index (κ3) is 9.09. The Morgan fingerprint density at radius 1 is 1.09 bits per heavy atom. The van der Waals surface area contributed by atoms with Crippen LogP contribution >= 0.6 is 24.0 Å². The molecule has 0 amide bonds. The Labute approximate surface area is 150 Å². The van der Waals surface area contributed by atoms with Crippen molar-refractivity contribution in [3.05, 3.63) is 29.8 Å². The first-order valence-electron chi connectivity index (χ1n) is 7.53. The van der Waals surface area contributed by atoms with Gasteiger partial charge in [0.1, 0.15) is 5.75 Å². The Hall–Kier alpha value is -1.02. The van der Waals surface area contributed by atoms with E-state index in [1.807, 2.05) is 24.3 Å². The topological polar surface area (TPSA) is 54.9 Å². The number of benzene rings is 1. The SMILES string of the molecule is CCNC(=NCCCOCc1ccc(OC)cc1)NCC.I. The first-order chi connectivity index (χ1) is 10.3. The van der Waals surface area contributed by atoms with Gasteiger partial charge in [-0.15, -0.1) is 24.0 Å². The summed E-state index contributed by atoms with van der Waals surface area (Å²) >= 11 is 0. The standard InChI is InChI=1S/C16H27N3O2.HI/c1-4-17-16(18-5-2)19-11-6-12-21-13-14-7-9-15(20-3)10-8-14;/h7-10H,4-6,11-13H2,1-3H3,(H2,17,18,19);1H. The van der Waals surface area contributed by atoms with Gasteiger partial charge in [0, 0.05) is 26.2 Å². The smallest absolute Gasteiger partial charge is 0.191 e. The molecule has 0 heterocycles. The summed E-state index contributed by atoms with van der Waals surface area (Å²) in [6.07, 6.45) is 0.913. The lowest BCUT2D eigenvalue weighted by atomic mass is 10.2. The molecule has 0 aliphatic heterocycles. The average Bonchev–Trinajstić information content (AvgIpc) is 2.51. The molecule has 0 radical (unpaired) electrons. The Morgan fingerprint density at radius 3 is 2.27 bits per heavy atom. The van der Waals surface area contributed by atoms with Crippen LogP contribution in [0, 0.1) is 0 Å². The Morgan fingerprint density at radius 2 is 1.73 bits per heavy atom. The van der Waals surface area contributed by atoms with Crippen molar-refractivity contribution >= 4 is 29.9 Å². The lowest BCUT2D eigenvalue weighted by molar-refractivity contribution is 0.120. The lowest BCUT2D eigenvalue weighted by Crippen LogP contribution is -2.37. The van der Waals surface area contributed by atoms with Gasteiger partial charge in [0.15, 0.2) is 5.96 Å². The number of nitrogens with zero attached hydrogens (tertiary/aromatic N) is 1. The molecule has 0 aromatic heterocycles. The van der Waals surface area contributed by atoms with Gasteiger partial charge in [-0.25, -0.2) is 0 Å². The van der Waals surface area contributed by atoms with E-state index in [1.54, 1.807) is 7.11 Å². The van der Waals surface area contributed by atoms with Crippen LogP contribution in [0.2, 0.25) is 0 Å². The molecule has 0 bridgehead atoms. The average molecular weight is 421 g/mol. The van der Waals surface area contributed by atoms with E-state index in [-0.39, 0.29) is 24.0 Å². The number of halogens is 1. The van der Waals surface area contributed by atoms with E-state index in [9.17, 15) is 0 Å². The Balaban J connectivity index is 0.00000441. The van der Waals surface area contributed by atoms with Crippen LogP contribution in [0.5, 0.6) is 5.75 Å². The highest BCUT2D eigenvalue weighted by molar-refractivity contribution is 14.0. The van der Waals surface area contributed by atoms with E-state index in [1.165, 1.54) is 0 Å². The van der Waals surface area contributed by atoms with Crippen LogP contribution in [-0.2, 0) is 11.3 Å². The third-order valence-corrected chi connectivity index (χ3v) is 2.83. The van der Waals surface area contributed by atoms with Crippen molar-refractivity contribution < 1.29 is 9.47 Å². The van der Waals surface area contributed by atoms with Crippen LogP contribution in [0.25, 0.3) is 0 Å². The van der Waals surface area contributed by atoms with Gasteiger partial charge in [0.05, 0.1) is 13.7 Å². The zero-order valence-corrected chi connectivity index (χ0v) is 16.1. The highest BCUT2D eigenvalue weighted by Gasteiger charge is 1.96. The third-order valence-electron chi connectivity index (χ3n) is 2.83. The molecule has 0 fully saturated rings. The number of hydrogen-bond acceptors (Lipinski definition) is 3. The molecule has 1 aromatic carbocycles. The maximum Gasteiger partial charge on any atom is 0.191 e. The summed E-state index contributed by atoms with van der Waals surface area (Å²) in [7, 11) is 1.67. The molecule has 22 heavy (non-hydrogen) atoms. The molecule has 0 saturated carbocycles. The summed E-state index contributed by atoms with van der Waals surface area (Å²) in [5, 5.41) is 6.39. The quantitative estimate of drug-likeness (QED) is 0.279. The number of nitrogens with one attached hydrogen (secondary N) is 2. The van der Waals surface area contributed by atoms with Crippen LogP contribution in [0.4, 0.5) is 0 Å². The highest BCUT2D eigenvalue weighted by Crippen LogP contribution is 2.11. The minimum Gasteiger partial charge on any atom is -0.497 e.